The second-order valence-corrected chi connectivity index (χ2v) is 9.29. The highest BCUT2D eigenvalue weighted by Crippen LogP contribution is 2.28. The molecule has 0 spiro atoms. The lowest BCUT2D eigenvalue weighted by molar-refractivity contribution is 0.102. The van der Waals surface area contributed by atoms with E-state index >= 15 is 0 Å². The highest BCUT2D eigenvalue weighted by atomic mass is 16.1. The van der Waals surface area contributed by atoms with Crippen LogP contribution in [0.2, 0.25) is 0 Å². The molecule has 1 unspecified atom stereocenters. The SMILES string of the molecule is CC=N.NC(=NC1CC1)c1cccc(NC(=O)c2cc(-c3ccc(C4C=CCCCC4)nc3)ccn2)c1.[HH]. The standard InChI is InChI=1S/C28H29N5O.C2H5N.H2/c29-27(32-23-11-12-23)21-8-5-9-24(16-21)33-28(34)26-17-20(14-15-30-26)22-10-13-25(31-18-22)19-6-3-1-2-4-7-19;1-2-3;/h3,5-6,8-10,13-19,23H,1-2,4,7,11-12H2,(H2,29,32)(H,33,34);2-3H,1H3;1H. The summed E-state index contributed by atoms with van der Waals surface area (Å²) in [7, 11) is 0. The van der Waals surface area contributed by atoms with Gasteiger partial charge in [0.05, 0.1) is 6.04 Å². The van der Waals surface area contributed by atoms with Crippen LogP contribution in [0.4, 0.5) is 5.69 Å². The lowest BCUT2D eigenvalue weighted by Crippen LogP contribution is -2.16. The number of allylic oxidation sites excluding steroid dienone is 2. The average Bonchev–Trinajstić information content (AvgIpc) is 3.77. The molecule has 4 N–H and O–H groups in total. The summed E-state index contributed by atoms with van der Waals surface area (Å²) in [6.45, 7) is 1.67. The lowest BCUT2D eigenvalue weighted by Gasteiger charge is -2.11. The van der Waals surface area contributed by atoms with Crippen molar-refractivity contribution in [2.24, 2.45) is 10.7 Å². The molecule has 1 fully saturated rings. The Hall–Kier alpha value is -4.13. The van der Waals surface area contributed by atoms with Crippen LogP contribution in [0.15, 0.2) is 78.1 Å². The third-order valence-corrected chi connectivity index (χ3v) is 6.28. The maximum atomic E-state index is 12.9. The van der Waals surface area contributed by atoms with Crippen molar-refractivity contribution in [1.29, 1.82) is 5.41 Å². The summed E-state index contributed by atoms with van der Waals surface area (Å²) in [4.78, 5) is 26.4. The van der Waals surface area contributed by atoms with Crippen LogP contribution in [-0.4, -0.2) is 34.0 Å². The largest absolute Gasteiger partial charge is 0.383 e. The van der Waals surface area contributed by atoms with Gasteiger partial charge in [0.25, 0.3) is 5.91 Å². The van der Waals surface area contributed by atoms with Crippen molar-refractivity contribution in [2.75, 3.05) is 5.32 Å². The smallest absolute Gasteiger partial charge is 0.274 e. The first-order chi connectivity index (χ1) is 18.1. The molecule has 0 aliphatic heterocycles. The van der Waals surface area contributed by atoms with E-state index in [1.165, 1.54) is 19.1 Å². The normalized spacial score (nSPS) is 17.2. The fourth-order valence-electron chi connectivity index (χ4n) is 4.19. The van der Waals surface area contributed by atoms with Gasteiger partial charge in [0.2, 0.25) is 0 Å². The van der Waals surface area contributed by atoms with E-state index in [1.54, 1.807) is 19.2 Å². The number of carbonyl (C=O) groups is 1. The number of nitrogens with two attached hydrogens (primary N) is 1. The number of aliphatic imine (C=N–C) groups is 1. The molecule has 37 heavy (non-hydrogen) atoms. The van der Waals surface area contributed by atoms with Gasteiger partial charge < -0.3 is 16.5 Å². The summed E-state index contributed by atoms with van der Waals surface area (Å²) in [6.07, 6.45) is 16.3. The van der Waals surface area contributed by atoms with Gasteiger partial charge in [0.15, 0.2) is 0 Å². The Bertz CT molecular complexity index is 1280. The van der Waals surface area contributed by atoms with E-state index in [-0.39, 0.29) is 7.33 Å². The Kier molecular flexibility index (Phi) is 8.92. The number of anilines is 1. The molecule has 5 rings (SSSR count). The zero-order valence-corrected chi connectivity index (χ0v) is 21.2. The van der Waals surface area contributed by atoms with E-state index in [0.29, 0.717) is 29.2 Å². The minimum absolute atomic E-state index is 0. The summed E-state index contributed by atoms with van der Waals surface area (Å²) in [5, 5.41) is 9.01. The lowest BCUT2D eigenvalue weighted by atomic mass is 9.98. The Morgan fingerprint density at radius 2 is 1.95 bits per heavy atom. The van der Waals surface area contributed by atoms with Crippen molar-refractivity contribution in [1.82, 2.24) is 9.97 Å². The Labute approximate surface area is 220 Å². The second kappa shape index (κ2) is 12.7. The molecule has 2 aromatic heterocycles. The first kappa shape index (κ1) is 25.9. The van der Waals surface area contributed by atoms with Gasteiger partial charge >= 0.3 is 0 Å². The van der Waals surface area contributed by atoms with E-state index in [1.807, 2.05) is 36.5 Å². The maximum Gasteiger partial charge on any atom is 0.274 e. The van der Waals surface area contributed by atoms with Crippen LogP contribution in [0.1, 0.15) is 74.5 Å². The van der Waals surface area contributed by atoms with Gasteiger partial charge in [-0.15, -0.1) is 0 Å². The van der Waals surface area contributed by atoms with Crippen LogP contribution in [0.25, 0.3) is 11.1 Å². The van der Waals surface area contributed by atoms with Gasteiger partial charge in [0, 0.05) is 42.2 Å². The Morgan fingerprint density at radius 3 is 2.70 bits per heavy atom. The maximum absolute atomic E-state index is 12.9. The van der Waals surface area contributed by atoms with Crippen molar-refractivity contribution < 1.29 is 6.22 Å². The summed E-state index contributed by atoms with van der Waals surface area (Å²) in [6, 6.07) is 15.6. The highest BCUT2D eigenvalue weighted by Gasteiger charge is 2.21. The van der Waals surface area contributed by atoms with Crippen LogP contribution < -0.4 is 11.1 Å². The quantitative estimate of drug-likeness (QED) is 0.208. The van der Waals surface area contributed by atoms with Crippen LogP contribution >= 0.6 is 0 Å². The van der Waals surface area contributed by atoms with Crippen LogP contribution in [-0.2, 0) is 0 Å². The molecule has 7 heteroatoms. The number of hydrogen-bond acceptors (Lipinski definition) is 5. The molecule has 2 aliphatic rings. The minimum Gasteiger partial charge on any atom is -0.383 e. The molecule has 1 atom stereocenters. The second-order valence-electron chi connectivity index (χ2n) is 9.29. The molecular formula is C30H36N6O. The van der Waals surface area contributed by atoms with E-state index < -0.39 is 0 Å². The number of benzene rings is 1. The molecule has 7 nitrogen and oxygen atoms in total. The van der Waals surface area contributed by atoms with E-state index in [2.05, 4.69) is 39.6 Å². The third-order valence-electron chi connectivity index (χ3n) is 6.28. The highest BCUT2D eigenvalue weighted by molar-refractivity contribution is 6.05. The monoisotopic (exact) mass is 496 g/mol. The minimum atomic E-state index is -0.273. The predicted molar refractivity (Wildman–Crippen MR) is 153 cm³/mol. The molecular weight excluding hydrogens is 460 g/mol. The third kappa shape index (κ3) is 7.43. The molecule has 2 heterocycles. The number of carbonyl (C=O) groups excluding carboxylic acids is 1. The van der Waals surface area contributed by atoms with Gasteiger partial charge in [-0.3, -0.25) is 19.8 Å². The van der Waals surface area contributed by atoms with Gasteiger partial charge in [0.1, 0.15) is 11.5 Å². The predicted octanol–water partition coefficient (Wildman–Crippen LogP) is 6.38. The molecule has 1 aromatic carbocycles. The van der Waals surface area contributed by atoms with Crippen molar-refractivity contribution >= 4 is 23.6 Å². The number of nitrogens with one attached hydrogen (secondary N) is 2. The Balaban J connectivity index is 0.000000956. The van der Waals surface area contributed by atoms with Gasteiger partial charge in [-0.1, -0.05) is 36.8 Å². The number of aromatic nitrogens is 2. The zero-order chi connectivity index (χ0) is 26.0. The van der Waals surface area contributed by atoms with E-state index in [9.17, 15) is 4.79 Å². The summed E-state index contributed by atoms with van der Waals surface area (Å²) in [5.74, 6) is 0.619. The van der Waals surface area contributed by atoms with Crippen molar-refractivity contribution in [2.45, 2.75) is 57.4 Å². The fraction of sp³-hybridized carbons (Fsp3) is 0.300. The molecule has 1 amide bonds. The first-order valence-corrected chi connectivity index (χ1v) is 12.9. The average molecular weight is 497 g/mol. The number of pyridine rings is 2. The Morgan fingerprint density at radius 1 is 1.11 bits per heavy atom. The summed E-state index contributed by atoms with van der Waals surface area (Å²) >= 11 is 0. The first-order valence-electron chi connectivity index (χ1n) is 12.9. The molecule has 1 saturated carbocycles. The molecule has 2 aliphatic carbocycles. The molecule has 0 bridgehead atoms. The number of amidine groups is 1. The van der Waals surface area contributed by atoms with Crippen molar-refractivity contribution in [3.63, 3.8) is 0 Å². The number of nitrogens with zero attached hydrogens (tertiary/aromatic N) is 3. The molecule has 0 radical (unpaired) electrons. The zero-order valence-electron chi connectivity index (χ0n) is 21.2. The van der Waals surface area contributed by atoms with Gasteiger partial charge in [-0.25, -0.2) is 0 Å². The summed E-state index contributed by atoms with van der Waals surface area (Å²) in [5.41, 5.74) is 10.9. The summed E-state index contributed by atoms with van der Waals surface area (Å²) < 4.78 is 0. The fourth-order valence-corrected chi connectivity index (χ4v) is 4.19. The molecule has 3 aromatic rings. The molecule has 192 valence electrons. The van der Waals surface area contributed by atoms with Crippen LogP contribution in [0.5, 0.6) is 0 Å². The van der Waals surface area contributed by atoms with Gasteiger partial charge in [-0.2, -0.15) is 0 Å². The molecule has 0 saturated heterocycles. The van der Waals surface area contributed by atoms with E-state index in [0.717, 1.165) is 48.1 Å². The van der Waals surface area contributed by atoms with Crippen molar-refractivity contribution in [3.05, 3.63) is 90.0 Å². The van der Waals surface area contributed by atoms with Crippen molar-refractivity contribution in [3.8, 4) is 11.1 Å². The van der Waals surface area contributed by atoms with E-state index in [4.69, 9.17) is 16.1 Å². The number of rotatable bonds is 6. The number of amides is 1. The van der Waals surface area contributed by atoms with Crippen LogP contribution in [0.3, 0.4) is 0 Å². The van der Waals surface area contributed by atoms with Crippen LogP contribution in [0, 0.1) is 5.41 Å². The topological polar surface area (TPSA) is 117 Å². The number of hydrogen-bond donors (Lipinski definition) is 3. The van der Waals surface area contributed by atoms with Gasteiger partial charge in [-0.05, 0) is 81.1 Å².